The molecule has 0 amide bonds. The van der Waals surface area contributed by atoms with Gasteiger partial charge in [0.1, 0.15) is 5.75 Å². The molecule has 0 N–H and O–H groups in total. The Morgan fingerprint density at radius 1 is 1.00 bits per heavy atom. The largest absolute Gasteiger partial charge is 0.497 e. The summed E-state index contributed by atoms with van der Waals surface area (Å²) in [5, 5.41) is 0. The second-order valence-electron chi connectivity index (χ2n) is 7.25. The summed E-state index contributed by atoms with van der Waals surface area (Å²) in [5.41, 5.74) is 2.70. The lowest BCUT2D eigenvalue weighted by atomic mass is 10.0. The Morgan fingerprint density at radius 2 is 1.66 bits per heavy atom. The van der Waals surface area contributed by atoms with Crippen LogP contribution >= 0.6 is 15.9 Å². The lowest BCUT2D eigenvalue weighted by molar-refractivity contribution is 0.0601. The first-order valence-electron chi connectivity index (χ1n) is 9.78. The SMILES string of the molecule is COC(=O)c1cc(C)cc(C)c1N(Cc1ccccc1Br)S(=O)(=O)c1ccc(OC)cc1. The number of rotatable bonds is 7. The number of benzene rings is 3. The number of anilines is 1. The van der Waals surface area contributed by atoms with E-state index in [0.717, 1.165) is 15.6 Å². The summed E-state index contributed by atoms with van der Waals surface area (Å²) < 4.78 is 39.9. The lowest BCUT2D eigenvalue weighted by Gasteiger charge is -2.28. The number of sulfonamides is 1. The number of carbonyl (C=O) groups excluding carboxylic acids is 1. The van der Waals surface area contributed by atoms with Gasteiger partial charge in [-0.1, -0.05) is 40.2 Å². The molecule has 3 aromatic carbocycles. The number of aryl methyl sites for hydroxylation is 2. The van der Waals surface area contributed by atoms with E-state index in [1.807, 2.05) is 37.3 Å². The third kappa shape index (κ3) is 4.81. The number of methoxy groups -OCH3 is 2. The monoisotopic (exact) mass is 517 g/mol. The third-order valence-corrected chi connectivity index (χ3v) is 7.55. The van der Waals surface area contributed by atoms with Gasteiger partial charge in [0, 0.05) is 4.47 Å². The first-order chi connectivity index (χ1) is 15.2. The van der Waals surface area contributed by atoms with Crippen LogP contribution in [0.4, 0.5) is 5.69 Å². The van der Waals surface area contributed by atoms with Gasteiger partial charge < -0.3 is 9.47 Å². The molecule has 0 atom stereocenters. The van der Waals surface area contributed by atoms with E-state index in [-0.39, 0.29) is 22.7 Å². The van der Waals surface area contributed by atoms with E-state index >= 15 is 0 Å². The summed E-state index contributed by atoms with van der Waals surface area (Å²) in [6.45, 7) is 3.65. The molecule has 0 heterocycles. The number of halogens is 1. The van der Waals surface area contributed by atoms with Gasteiger partial charge >= 0.3 is 5.97 Å². The molecule has 168 valence electrons. The summed E-state index contributed by atoms with van der Waals surface area (Å²) >= 11 is 3.50. The summed E-state index contributed by atoms with van der Waals surface area (Å²) in [6, 6.07) is 17.0. The van der Waals surface area contributed by atoms with Crippen LogP contribution in [0.1, 0.15) is 27.0 Å². The average Bonchev–Trinajstić information content (AvgIpc) is 2.78. The van der Waals surface area contributed by atoms with Crippen LogP contribution in [-0.2, 0) is 21.3 Å². The molecule has 0 radical (unpaired) electrons. The predicted molar refractivity (Wildman–Crippen MR) is 128 cm³/mol. The van der Waals surface area contributed by atoms with Gasteiger partial charge in [-0.25, -0.2) is 13.2 Å². The number of hydrogen-bond donors (Lipinski definition) is 0. The molecule has 0 fully saturated rings. The molecule has 0 saturated heterocycles. The lowest BCUT2D eigenvalue weighted by Crippen LogP contribution is -2.33. The van der Waals surface area contributed by atoms with Crippen LogP contribution in [0.25, 0.3) is 0 Å². The highest BCUT2D eigenvalue weighted by atomic mass is 79.9. The standard InChI is InChI=1S/C24H24BrNO5S/c1-16-13-17(2)23(21(14-16)24(27)31-4)26(15-18-7-5-6-8-22(18)25)32(28,29)20-11-9-19(30-3)10-12-20/h5-14H,15H2,1-4H3. The zero-order chi connectivity index (χ0) is 23.5. The van der Waals surface area contributed by atoms with Crippen molar-refractivity contribution in [1.29, 1.82) is 0 Å². The van der Waals surface area contributed by atoms with Gasteiger partial charge in [-0.3, -0.25) is 4.31 Å². The zero-order valence-electron chi connectivity index (χ0n) is 18.3. The van der Waals surface area contributed by atoms with E-state index in [4.69, 9.17) is 9.47 Å². The molecule has 3 aromatic rings. The van der Waals surface area contributed by atoms with Gasteiger partial charge in [0.05, 0.1) is 36.9 Å². The number of nitrogens with zero attached hydrogens (tertiary/aromatic N) is 1. The highest BCUT2D eigenvalue weighted by Gasteiger charge is 2.31. The van der Waals surface area contributed by atoms with Crippen molar-refractivity contribution in [3.63, 3.8) is 0 Å². The summed E-state index contributed by atoms with van der Waals surface area (Å²) in [7, 11) is -1.25. The second-order valence-corrected chi connectivity index (χ2v) is 9.96. The molecule has 0 spiro atoms. The van der Waals surface area contributed by atoms with Gasteiger partial charge in [0.25, 0.3) is 10.0 Å². The van der Waals surface area contributed by atoms with Crippen LogP contribution in [0.15, 0.2) is 70.0 Å². The Kier molecular flexibility index (Phi) is 7.26. The smallest absolute Gasteiger partial charge is 0.340 e. The van der Waals surface area contributed by atoms with E-state index in [1.54, 1.807) is 25.1 Å². The molecule has 3 rings (SSSR count). The van der Waals surface area contributed by atoms with Gasteiger partial charge in [-0.15, -0.1) is 0 Å². The second kappa shape index (κ2) is 9.75. The van der Waals surface area contributed by atoms with Gasteiger partial charge in [-0.05, 0) is 66.9 Å². The van der Waals surface area contributed by atoms with Crippen molar-refractivity contribution in [3.05, 3.63) is 87.4 Å². The van der Waals surface area contributed by atoms with Crippen LogP contribution in [0.3, 0.4) is 0 Å². The fourth-order valence-electron chi connectivity index (χ4n) is 3.50. The highest BCUT2D eigenvalue weighted by molar-refractivity contribution is 9.10. The van der Waals surface area contributed by atoms with Crippen molar-refractivity contribution in [3.8, 4) is 5.75 Å². The minimum Gasteiger partial charge on any atom is -0.497 e. The Morgan fingerprint density at radius 3 is 2.25 bits per heavy atom. The van der Waals surface area contributed by atoms with Crippen molar-refractivity contribution >= 4 is 37.6 Å². The molecule has 32 heavy (non-hydrogen) atoms. The van der Waals surface area contributed by atoms with Crippen molar-refractivity contribution < 1.29 is 22.7 Å². The maximum atomic E-state index is 13.9. The van der Waals surface area contributed by atoms with Gasteiger partial charge in [0.2, 0.25) is 0 Å². The van der Waals surface area contributed by atoms with Crippen molar-refractivity contribution in [2.24, 2.45) is 0 Å². The first kappa shape index (κ1) is 23.8. The normalized spacial score (nSPS) is 11.2. The summed E-state index contributed by atoms with van der Waals surface area (Å²) in [6.07, 6.45) is 0. The fourth-order valence-corrected chi connectivity index (χ4v) is 5.43. The first-order valence-corrected chi connectivity index (χ1v) is 12.0. The summed E-state index contributed by atoms with van der Waals surface area (Å²) in [5.74, 6) is -0.0584. The van der Waals surface area contributed by atoms with Crippen molar-refractivity contribution in [2.75, 3.05) is 18.5 Å². The van der Waals surface area contributed by atoms with Gasteiger partial charge in [0.15, 0.2) is 0 Å². The minimum atomic E-state index is -4.04. The Hall–Kier alpha value is -2.84. The average molecular weight is 518 g/mol. The maximum Gasteiger partial charge on any atom is 0.340 e. The Balaban J connectivity index is 2.27. The molecule has 0 saturated carbocycles. The molecule has 0 aliphatic heterocycles. The molecular weight excluding hydrogens is 494 g/mol. The molecule has 0 unspecified atom stereocenters. The van der Waals surface area contributed by atoms with E-state index in [1.165, 1.54) is 30.7 Å². The molecule has 0 bridgehead atoms. The van der Waals surface area contributed by atoms with Crippen LogP contribution in [0.2, 0.25) is 0 Å². The molecule has 8 heteroatoms. The Labute approximate surface area is 197 Å². The molecule has 6 nitrogen and oxygen atoms in total. The van der Waals surface area contributed by atoms with E-state index in [9.17, 15) is 13.2 Å². The predicted octanol–water partition coefficient (Wildman–Crippen LogP) is 5.26. The molecular formula is C24H24BrNO5S. The zero-order valence-corrected chi connectivity index (χ0v) is 20.7. The number of carbonyl (C=O) groups is 1. The topological polar surface area (TPSA) is 72.9 Å². The van der Waals surface area contributed by atoms with Crippen LogP contribution in [-0.4, -0.2) is 28.6 Å². The van der Waals surface area contributed by atoms with E-state index in [2.05, 4.69) is 15.9 Å². The van der Waals surface area contributed by atoms with Crippen LogP contribution in [0.5, 0.6) is 5.75 Å². The number of ether oxygens (including phenoxy) is 2. The van der Waals surface area contributed by atoms with E-state index in [0.29, 0.717) is 11.3 Å². The minimum absolute atomic E-state index is 0.0175. The quantitative estimate of drug-likeness (QED) is 0.399. The van der Waals surface area contributed by atoms with Crippen LogP contribution in [0, 0.1) is 13.8 Å². The van der Waals surface area contributed by atoms with Crippen molar-refractivity contribution in [1.82, 2.24) is 0 Å². The fraction of sp³-hybridized carbons (Fsp3) is 0.208. The third-order valence-electron chi connectivity index (χ3n) is 5.02. The van der Waals surface area contributed by atoms with Crippen LogP contribution < -0.4 is 9.04 Å². The van der Waals surface area contributed by atoms with Gasteiger partial charge in [-0.2, -0.15) is 0 Å². The molecule has 0 aliphatic rings. The van der Waals surface area contributed by atoms with Crippen molar-refractivity contribution in [2.45, 2.75) is 25.3 Å². The maximum absolute atomic E-state index is 13.9. The molecule has 0 aliphatic carbocycles. The number of esters is 1. The molecule has 0 aromatic heterocycles. The van der Waals surface area contributed by atoms with E-state index < -0.39 is 16.0 Å². The summed E-state index contributed by atoms with van der Waals surface area (Å²) in [4.78, 5) is 12.7. The number of hydrogen-bond acceptors (Lipinski definition) is 5. The Bertz CT molecular complexity index is 1240. The highest BCUT2D eigenvalue weighted by Crippen LogP contribution is 2.35.